The Hall–Kier alpha value is -2.49. The second-order valence-corrected chi connectivity index (χ2v) is 6.91. The topological polar surface area (TPSA) is 50.7 Å². The number of aromatic nitrogens is 3. The first-order valence-corrected chi connectivity index (χ1v) is 9.30. The van der Waals surface area contributed by atoms with Gasteiger partial charge in [-0.05, 0) is 24.5 Å². The minimum atomic E-state index is 0.518. The zero-order chi connectivity index (χ0) is 16.9. The number of fused-ring (bicyclic) bond motifs is 1. The Morgan fingerprint density at radius 2 is 1.68 bits per heavy atom. The maximum absolute atomic E-state index is 4.55. The second-order valence-electron chi connectivity index (χ2n) is 6.91. The van der Waals surface area contributed by atoms with Gasteiger partial charge in [0.2, 0.25) is 0 Å². The van der Waals surface area contributed by atoms with Crippen LogP contribution in [0.3, 0.4) is 0 Å². The van der Waals surface area contributed by atoms with E-state index in [2.05, 4.69) is 50.8 Å². The van der Waals surface area contributed by atoms with E-state index in [0.717, 1.165) is 23.5 Å². The van der Waals surface area contributed by atoms with Gasteiger partial charge in [-0.2, -0.15) is 5.10 Å². The number of nitrogens with one attached hydrogen (secondary N) is 1. The molecule has 0 spiro atoms. The van der Waals surface area contributed by atoms with Gasteiger partial charge in [-0.25, -0.2) is 0 Å². The average Bonchev–Trinajstić information content (AvgIpc) is 2.93. The molecule has 0 unspecified atom stereocenters. The van der Waals surface area contributed by atoms with Crippen LogP contribution in [0.5, 0.6) is 0 Å². The lowest BCUT2D eigenvalue weighted by Crippen LogP contribution is -2.19. The van der Waals surface area contributed by atoms with Crippen LogP contribution in [0.1, 0.15) is 49.8 Å². The van der Waals surface area contributed by atoms with E-state index in [9.17, 15) is 0 Å². The monoisotopic (exact) mass is 332 g/mol. The van der Waals surface area contributed by atoms with Crippen LogP contribution in [-0.4, -0.2) is 21.2 Å². The number of rotatable bonds is 4. The molecule has 4 nitrogen and oxygen atoms in total. The molecule has 25 heavy (non-hydrogen) atoms. The van der Waals surface area contributed by atoms with E-state index in [4.69, 9.17) is 0 Å². The summed E-state index contributed by atoms with van der Waals surface area (Å²) in [6.07, 6.45) is 12.2. The van der Waals surface area contributed by atoms with Crippen molar-refractivity contribution >= 4 is 16.6 Å². The molecule has 1 N–H and O–H groups in total. The van der Waals surface area contributed by atoms with E-state index < -0.39 is 0 Å². The molecule has 128 valence electrons. The Kier molecular flexibility index (Phi) is 4.86. The third kappa shape index (κ3) is 3.78. The maximum atomic E-state index is 4.55. The summed E-state index contributed by atoms with van der Waals surface area (Å²) >= 11 is 0. The van der Waals surface area contributed by atoms with E-state index in [0.29, 0.717) is 6.04 Å². The molecule has 4 rings (SSSR count). The normalized spacial score (nSPS) is 15.8. The number of anilines is 1. The molecule has 0 aliphatic heterocycles. The van der Waals surface area contributed by atoms with Gasteiger partial charge in [0.25, 0.3) is 0 Å². The third-order valence-electron chi connectivity index (χ3n) is 5.05. The molecule has 1 aliphatic rings. The van der Waals surface area contributed by atoms with Gasteiger partial charge in [0.15, 0.2) is 5.82 Å². The van der Waals surface area contributed by atoms with E-state index in [-0.39, 0.29) is 0 Å². The summed E-state index contributed by atoms with van der Waals surface area (Å²) in [5.74, 6) is 0.928. The Bertz CT molecular complexity index is 824. The largest absolute Gasteiger partial charge is 0.365 e. The van der Waals surface area contributed by atoms with Crippen LogP contribution >= 0.6 is 0 Å². The van der Waals surface area contributed by atoms with Gasteiger partial charge in [0.1, 0.15) is 0 Å². The number of pyridine rings is 1. The quantitative estimate of drug-likeness (QED) is 0.700. The van der Waals surface area contributed by atoms with Gasteiger partial charge < -0.3 is 5.32 Å². The zero-order valence-corrected chi connectivity index (χ0v) is 14.5. The fourth-order valence-electron chi connectivity index (χ4n) is 3.71. The number of nitrogens with zero attached hydrogens (tertiary/aromatic N) is 3. The van der Waals surface area contributed by atoms with Gasteiger partial charge >= 0.3 is 0 Å². The predicted molar refractivity (Wildman–Crippen MR) is 102 cm³/mol. The van der Waals surface area contributed by atoms with Crippen molar-refractivity contribution in [3.05, 3.63) is 60.0 Å². The second kappa shape index (κ2) is 7.60. The lowest BCUT2D eigenvalue weighted by molar-refractivity contribution is 0.617. The van der Waals surface area contributed by atoms with E-state index in [1.165, 1.54) is 49.3 Å². The van der Waals surface area contributed by atoms with Crippen molar-refractivity contribution in [1.29, 1.82) is 0 Å². The van der Waals surface area contributed by atoms with Crippen LogP contribution in [0.2, 0.25) is 0 Å². The highest BCUT2D eigenvalue weighted by atomic mass is 15.2. The van der Waals surface area contributed by atoms with Gasteiger partial charge in [0, 0.05) is 35.6 Å². The van der Waals surface area contributed by atoms with Crippen molar-refractivity contribution in [1.82, 2.24) is 15.2 Å². The fourth-order valence-corrected chi connectivity index (χ4v) is 3.71. The van der Waals surface area contributed by atoms with E-state index in [1.807, 2.05) is 12.3 Å². The fraction of sp³-hybridized carbons (Fsp3) is 0.381. The summed E-state index contributed by atoms with van der Waals surface area (Å²) in [5.41, 5.74) is 2.17. The number of benzene rings is 1. The maximum Gasteiger partial charge on any atom is 0.156 e. The first kappa shape index (κ1) is 16.0. The lowest BCUT2D eigenvalue weighted by atomic mass is 10.0. The molecular weight excluding hydrogens is 308 g/mol. The van der Waals surface area contributed by atoms with E-state index >= 15 is 0 Å². The molecule has 1 aliphatic carbocycles. The van der Waals surface area contributed by atoms with Gasteiger partial charge in [0.05, 0.1) is 5.69 Å². The molecule has 1 saturated carbocycles. The summed E-state index contributed by atoms with van der Waals surface area (Å²) in [4.78, 5) is 4.20. The van der Waals surface area contributed by atoms with Crippen LogP contribution in [-0.2, 0) is 6.42 Å². The highest BCUT2D eigenvalue weighted by Gasteiger charge is 2.15. The predicted octanol–water partition coefficient (Wildman–Crippen LogP) is 4.75. The Balaban J connectivity index is 1.64. The van der Waals surface area contributed by atoms with Crippen molar-refractivity contribution in [2.45, 2.75) is 51.0 Å². The molecule has 0 bridgehead atoms. The van der Waals surface area contributed by atoms with Crippen molar-refractivity contribution in [3.63, 3.8) is 0 Å². The molecule has 1 aromatic carbocycles. The van der Waals surface area contributed by atoms with Crippen molar-refractivity contribution < 1.29 is 0 Å². The molecule has 2 heterocycles. The smallest absolute Gasteiger partial charge is 0.156 e. The SMILES string of the molecule is c1cncc(Cc2nnc(NC3CCCCCC3)c3ccccc23)c1. The Morgan fingerprint density at radius 3 is 2.44 bits per heavy atom. The summed E-state index contributed by atoms with van der Waals surface area (Å²) < 4.78 is 0. The molecule has 0 saturated heterocycles. The lowest BCUT2D eigenvalue weighted by Gasteiger charge is -2.18. The molecule has 2 aromatic heterocycles. The molecule has 0 amide bonds. The van der Waals surface area contributed by atoms with Crippen LogP contribution in [0.4, 0.5) is 5.82 Å². The highest BCUT2D eigenvalue weighted by molar-refractivity contribution is 5.93. The average molecular weight is 332 g/mol. The van der Waals surface area contributed by atoms with Crippen molar-refractivity contribution in [3.8, 4) is 0 Å². The first-order chi connectivity index (χ1) is 12.4. The molecule has 0 radical (unpaired) electrons. The van der Waals surface area contributed by atoms with Gasteiger partial charge in [-0.1, -0.05) is 56.0 Å². The third-order valence-corrected chi connectivity index (χ3v) is 5.05. The number of hydrogen-bond donors (Lipinski definition) is 1. The van der Waals surface area contributed by atoms with Crippen LogP contribution < -0.4 is 5.32 Å². The minimum absolute atomic E-state index is 0.518. The van der Waals surface area contributed by atoms with Crippen molar-refractivity contribution in [2.75, 3.05) is 5.32 Å². The van der Waals surface area contributed by atoms with Crippen LogP contribution in [0, 0.1) is 0 Å². The minimum Gasteiger partial charge on any atom is -0.365 e. The molecular formula is C21H24N4. The molecule has 4 heteroatoms. The Labute approximate surface area is 148 Å². The van der Waals surface area contributed by atoms with Crippen molar-refractivity contribution in [2.24, 2.45) is 0 Å². The zero-order valence-electron chi connectivity index (χ0n) is 14.5. The van der Waals surface area contributed by atoms with Gasteiger partial charge in [-0.15, -0.1) is 5.10 Å². The first-order valence-electron chi connectivity index (χ1n) is 9.30. The molecule has 1 fully saturated rings. The highest BCUT2D eigenvalue weighted by Crippen LogP contribution is 2.27. The summed E-state index contributed by atoms with van der Waals surface area (Å²) in [6, 6.07) is 13.0. The molecule has 0 atom stereocenters. The molecule has 3 aromatic rings. The van der Waals surface area contributed by atoms with Crippen LogP contribution in [0.15, 0.2) is 48.8 Å². The Morgan fingerprint density at radius 1 is 0.880 bits per heavy atom. The van der Waals surface area contributed by atoms with Gasteiger partial charge in [-0.3, -0.25) is 4.98 Å². The van der Waals surface area contributed by atoms with E-state index in [1.54, 1.807) is 6.20 Å². The number of hydrogen-bond acceptors (Lipinski definition) is 4. The van der Waals surface area contributed by atoms with Crippen LogP contribution in [0.25, 0.3) is 10.8 Å². The standard InChI is InChI=1S/C21H24N4/c1-2-4-10-17(9-3-1)23-21-19-12-6-5-11-18(19)20(24-25-21)14-16-8-7-13-22-15-16/h5-8,11-13,15,17H,1-4,9-10,14H2,(H,23,25). The summed E-state index contributed by atoms with van der Waals surface area (Å²) in [5, 5.41) is 15.1. The summed E-state index contributed by atoms with van der Waals surface area (Å²) in [7, 11) is 0. The summed E-state index contributed by atoms with van der Waals surface area (Å²) in [6.45, 7) is 0.